The van der Waals surface area contributed by atoms with Crippen LogP contribution < -0.4 is 4.57 Å². The lowest BCUT2D eigenvalue weighted by Gasteiger charge is -2.14. The van der Waals surface area contributed by atoms with Gasteiger partial charge in [-0.1, -0.05) is 30.5 Å². The summed E-state index contributed by atoms with van der Waals surface area (Å²) in [6.07, 6.45) is 11.5. The molecule has 0 radical (unpaired) electrons. The Labute approximate surface area is 229 Å². The summed E-state index contributed by atoms with van der Waals surface area (Å²) in [4.78, 5) is 31.6. The number of nitrogens with zero attached hydrogens (tertiary/aromatic N) is 4. The van der Waals surface area contributed by atoms with Crippen LogP contribution in [-0.2, 0) is 11.3 Å². The van der Waals surface area contributed by atoms with Gasteiger partial charge in [-0.15, -0.1) is 0 Å². The van der Waals surface area contributed by atoms with Gasteiger partial charge in [0.15, 0.2) is 0 Å². The number of carbonyl (C=O) groups is 2. The SMILES string of the molecule is CC[n+]1cc(C(=O)CCCCCCN2CCCC2=O)n2cc(-c3cccnc3-c3cc(C)ccc3F)ccc21. The molecule has 0 aliphatic carbocycles. The van der Waals surface area contributed by atoms with Crippen molar-refractivity contribution >= 4 is 17.3 Å². The largest absolute Gasteiger partial charge is 0.343 e. The van der Waals surface area contributed by atoms with E-state index in [1.54, 1.807) is 12.3 Å². The Balaban J connectivity index is 1.35. The number of imidazole rings is 1. The number of hydrogen-bond acceptors (Lipinski definition) is 3. The Kier molecular flexibility index (Phi) is 8.15. The second-order valence-electron chi connectivity index (χ2n) is 10.4. The van der Waals surface area contributed by atoms with Gasteiger partial charge in [-0.25, -0.2) is 8.96 Å². The lowest BCUT2D eigenvalue weighted by molar-refractivity contribution is -0.667. The Hall–Kier alpha value is -3.87. The molecule has 5 rings (SSSR count). The van der Waals surface area contributed by atoms with E-state index in [0.717, 1.165) is 74.1 Å². The Bertz CT molecular complexity index is 1510. The molecule has 39 heavy (non-hydrogen) atoms. The zero-order valence-electron chi connectivity index (χ0n) is 22.8. The maximum Gasteiger partial charge on any atom is 0.286 e. The lowest BCUT2D eigenvalue weighted by atomic mass is 9.99. The number of ketones is 1. The smallest absolute Gasteiger partial charge is 0.286 e. The van der Waals surface area contributed by atoms with Crippen LogP contribution in [0.2, 0.25) is 0 Å². The molecule has 4 heterocycles. The number of aryl methyl sites for hydroxylation is 2. The summed E-state index contributed by atoms with van der Waals surface area (Å²) in [6, 6.07) is 12.9. The maximum atomic E-state index is 14.8. The fourth-order valence-electron chi connectivity index (χ4n) is 5.50. The van der Waals surface area contributed by atoms with Gasteiger partial charge in [0, 0.05) is 54.9 Å². The Morgan fingerprint density at radius 3 is 2.72 bits per heavy atom. The van der Waals surface area contributed by atoms with E-state index < -0.39 is 0 Å². The molecule has 0 spiro atoms. The minimum Gasteiger partial charge on any atom is -0.343 e. The van der Waals surface area contributed by atoms with Crippen LogP contribution >= 0.6 is 0 Å². The van der Waals surface area contributed by atoms with Crippen LogP contribution in [0, 0.1) is 12.7 Å². The Morgan fingerprint density at radius 2 is 1.92 bits per heavy atom. The van der Waals surface area contributed by atoms with Crippen molar-refractivity contribution in [3.8, 4) is 22.4 Å². The zero-order valence-corrected chi connectivity index (χ0v) is 22.8. The number of Topliss-reactive ketones (excluding diaryl/α,β-unsaturated/α-hetero) is 1. The summed E-state index contributed by atoms with van der Waals surface area (Å²) in [5.41, 5.74) is 5.29. The van der Waals surface area contributed by atoms with Gasteiger partial charge in [0.05, 0.1) is 12.2 Å². The van der Waals surface area contributed by atoms with E-state index in [9.17, 15) is 14.0 Å². The molecule has 7 heteroatoms. The summed E-state index contributed by atoms with van der Waals surface area (Å²) < 4.78 is 18.8. The van der Waals surface area contributed by atoms with Gasteiger partial charge in [0.2, 0.25) is 17.4 Å². The molecule has 1 aromatic carbocycles. The van der Waals surface area contributed by atoms with E-state index in [4.69, 9.17) is 0 Å². The molecule has 0 N–H and O–H groups in total. The van der Waals surface area contributed by atoms with Crippen LogP contribution in [0.15, 0.2) is 61.1 Å². The van der Waals surface area contributed by atoms with E-state index >= 15 is 0 Å². The normalized spacial score (nSPS) is 13.5. The monoisotopic (exact) mass is 527 g/mol. The summed E-state index contributed by atoms with van der Waals surface area (Å²) in [5.74, 6) is 0.0748. The molecule has 0 unspecified atom stereocenters. The average molecular weight is 528 g/mol. The maximum absolute atomic E-state index is 14.8. The minimum absolute atomic E-state index is 0.111. The second kappa shape index (κ2) is 11.9. The third-order valence-electron chi connectivity index (χ3n) is 7.63. The zero-order chi connectivity index (χ0) is 27.4. The molecule has 1 aliphatic heterocycles. The molecule has 0 atom stereocenters. The first kappa shape index (κ1) is 26.7. The molecular weight excluding hydrogens is 491 g/mol. The minimum atomic E-state index is -0.311. The lowest BCUT2D eigenvalue weighted by Crippen LogP contribution is -2.30. The highest BCUT2D eigenvalue weighted by atomic mass is 19.1. The fraction of sp³-hybridized carbons (Fsp3) is 0.375. The number of hydrogen-bond donors (Lipinski definition) is 0. The molecule has 202 valence electrons. The van der Waals surface area contributed by atoms with E-state index in [0.29, 0.717) is 29.8 Å². The number of halogens is 1. The first-order chi connectivity index (χ1) is 19.0. The van der Waals surface area contributed by atoms with Crippen molar-refractivity contribution in [2.24, 2.45) is 0 Å². The molecule has 0 saturated carbocycles. The topological polar surface area (TPSA) is 58.6 Å². The van der Waals surface area contributed by atoms with E-state index in [1.807, 2.05) is 58.9 Å². The van der Waals surface area contributed by atoms with E-state index in [2.05, 4.69) is 16.5 Å². The third-order valence-corrected chi connectivity index (χ3v) is 7.63. The summed E-state index contributed by atoms with van der Waals surface area (Å²) >= 11 is 0. The highest BCUT2D eigenvalue weighted by Crippen LogP contribution is 2.32. The second-order valence-corrected chi connectivity index (χ2v) is 10.4. The standard InChI is InChI=1S/C32H36FN4O2/c1-3-35-22-28(29(38)11-6-4-5-7-18-36-19-9-12-31(36)39)37-21-24(14-16-30(35)37)25-10-8-17-34-32(25)26-20-23(2)13-15-27(26)33/h8,10,13-17,20-22H,3-7,9,11-12,18-19H2,1-2H3/q+1. The molecule has 1 aliphatic rings. The van der Waals surface area contributed by atoms with Crippen LogP contribution in [0.5, 0.6) is 0 Å². The number of benzene rings is 1. The van der Waals surface area contributed by atoms with Crippen molar-refractivity contribution in [3.05, 3.63) is 78.1 Å². The summed E-state index contributed by atoms with van der Waals surface area (Å²) in [6.45, 7) is 6.47. The van der Waals surface area contributed by atoms with Gasteiger partial charge in [-0.2, -0.15) is 4.40 Å². The number of unbranched alkanes of at least 4 members (excludes halogenated alkanes) is 3. The molecule has 1 amide bonds. The predicted octanol–water partition coefficient (Wildman–Crippen LogP) is 6.18. The van der Waals surface area contributed by atoms with Crippen molar-refractivity contribution in [1.29, 1.82) is 0 Å². The number of pyridine rings is 2. The van der Waals surface area contributed by atoms with Crippen molar-refractivity contribution in [3.63, 3.8) is 0 Å². The van der Waals surface area contributed by atoms with Crippen LogP contribution in [0.25, 0.3) is 28.0 Å². The molecule has 4 aromatic rings. The highest BCUT2D eigenvalue weighted by molar-refractivity contribution is 5.95. The average Bonchev–Trinajstić information content (AvgIpc) is 3.54. The fourth-order valence-corrected chi connectivity index (χ4v) is 5.50. The third kappa shape index (κ3) is 5.77. The van der Waals surface area contributed by atoms with Crippen LogP contribution in [0.4, 0.5) is 4.39 Å². The number of likely N-dealkylation sites (tertiary alicyclic amines) is 1. The molecule has 0 bridgehead atoms. The number of aromatic nitrogens is 3. The molecule has 1 saturated heterocycles. The number of amides is 1. The van der Waals surface area contributed by atoms with E-state index in [-0.39, 0.29) is 17.5 Å². The van der Waals surface area contributed by atoms with E-state index in [1.165, 1.54) is 6.07 Å². The van der Waals surface area contributed by atoms with Gasteiger partial charge >= 0.3 is 0 Å². The summed E-state index contributed by atoms with van der Waals surface area (Å²) in [7, 11) is 0. The number of fused-ring (bicyclic) bond motifs is 1. The first-order valence-electron chi connectivity index (χ1n) is 14.0. The highest BCUT2D eigenvalue weighted by Gasteiger charge is 2.23. The van der Waals surface area contributed by atoms with Crippen molar-refractivity contribution in [2.45, 2.75) is 65.3 Å². The first-order valence-corrected chi connectivity index (χ1v) is 14.0. The van der Waals surface area contributed by atoms with Crippen molar-refractivity contribution in [2.75, 3.05) is 13.1 Å². The summed E-state index contributed by atoms with van der Waals surface area (Å²) in [5, 5.41) is 0. The Morgan fingerprint density at radius 1 is 1.08 bits per heavy atom. The molecular formula is C32H36FN4O2+. The van der Waals surface area contributed by atoms with Crippen LogP contribution in [0.1, 0.15) is 67.9 Å². The molecule has 1 fully saturated rings. The van der Waals surface area contributed by atoms with Gasteiger partial charge < -0.3 is 4.90 Å². The van der Waals surface area contributed by atoms with Gasteiger partial charge in [0.25, 0.3) is 5.65 Å². The van der Waals surface area contributed by atoms with Gasteiger partial charge in [-0.3, -0.25) is 14.6 Å². The molecule has 6 nitrogen and oxygen atoms in total. The van der Waals surface area contributed by atoms with Gasteiger partial charge in [0.1, 0.15) is 18.2 Å². The number of carbonyl (C=O) groups excluding carboxylic acids is 2. The van der Waals surface area contributed by atoms with Gasteiger partial charge in [-0.05, 0) is 57.4 Å². The number of rotatable bonds is 11. The van der Waals surface area contributed by atoms with Crippen molar-refractivity contribution < 1.29 is 18.5 Å². The predicted molar refractivity (Wildman–Crippen MR) is 150 cm³/mol. The van der Waals surface area contributed by atoms with Crippen molar-refractivity contribution in [1.82, 2.24) is 14.3 Å². The van der Waals surface area contributed by atoms with Crippen LogP contribution in [0.3, 0.4) is 0 Å². The quantitative estimate of drug-likeness (QED) is 0.133. The molecule has 3 aromatic heterocycles. The van der Waals surface area contributed by atoms with Crippen LogP contribution in [-0.4, -0.2) is 39.1 Å².